The number of aryl methyl sites for hydroxylation is 1. The number of nitrogens with zero attached hydrogens (tertiary/aromatic N) is 1. The molecule has 1 unspecified atom stereocenters. The van der Waals surface area contributed by atoms with Gasteiger partial charge in [0.25, 0.3) is 5.91 Å². The van der Waals surface area contributed by atoms with E-state index in [9.17, 15) is 18.4 Å². The number of amides is 2. The Morgan fingerprint density at radius 3 is 2.78 bits per heavy atom. The van der Waals surface area contributed by atoms with Crippen LogP contribution < -0.4 is 10.6 Å². The van der Waals surface area contributed by atoms with Crippen LogP contribution in [0.25, 0.3) is 0 Å². The van der Waals surface area contributed by atoms with Gasteiger partial charge in [-0.05, 0) is 61.4 Å². The summed E-state index contributed by atoms with van der Waals surface area (Å²) < 4.78 is 29.9. The van der Waals surface area contributed by atoms with Crippen LogP contribution in [-0.2, 0) is 16.0 Å². The average molecular weight is 499 g/mol. The van der Waals surface area contributed by atoms with E-state index in [-0.39, 0.29) is 43.3 Å². The molecule has 4 rings (SSSR count). The van der Waals surface area contributed by atoms with E-state index < -0.39 is 18.2 Å². The Balaban J connectivity index is 1.57. The van der Waals surface area contributed by atoms with Crippen molar-refractivity contribution in [2.45, 2.75) is 70.2 Å². The van der Waals surface area contributed by atoms with Gasteiger partial charge in [-0.25, -0.2) is 0 Å². The van der Waals surface area contributed by atoms with E-state index in [2.05, 4.69) is 21.4 Å². The first-order valence-electron chi connectivity index (χ1n) is 12.3. The van der Waals surface area contributed by atoms with Crippen molar-refractivity contribution >= 4 is 17.8 Å². The molecule has 3 N–H and O–H groups in total. The van der Waals surface area contributed by atoms with Gasteiger partial charge in [-0.3, -0.25) is 19.9 Å². The third-order valence-corrected chi connectivity index (χ3v) is 7.17. The van der Waals surface area contributed by atoms with E-state index in [4.69, 9.17) is 5.41 Å². The number of guanidine groups is 1. The van der Waals surface area contributed by atoms with Gasteiger partial charge in [0.1, 0.15) is 0 Å². The van der Waals surface area contributed by atoms with Gasteiger partial charge in [0.15, 0.2) is 5.96 Å². The van der Waals surface area contributed by atoms with Crippen molar-refractivity contribution in [3.05, 3.63) is 70.8 Å². The van der Waals surface area contributed by atoms with Gasteiger partial charge in [0.05, 0.1) is 25.1 Å². The van der Waals surface area contributed by atoms with Crippen LogP contribution in [0.1, 0.15) is 78.7 Å². The molecule has 1 heterocycles. The first-order chi connectivity index (χ1) is 17.2. The summed E-state index contributed by atoms with van der Waals surface area (Å²) in [5.74, 6) is -0.615. The molecule has 2 aromatic rings. The van der Waals surface area contributed by atoms with Crippen molar-refractivity contribution in [2.75, 3.05) is 6.61 Å². The van der Waals surface area contributed by atoms with E-state index in [1.807, 2.05) is 32.0 Å². The van der Waals surface area contributed by atoms with E-state index in [0.29, 0.717) is 17.5 Å². The molecule has 7 nitrogen and oxygen atoms in total. The number of halogens is 2. The highest BCUT2D eigenvalue weighted by Crippen LogP contribution is 2.33. The van der Waals surface area contributed by atoms with Crippen LogP contribution in [0.2, 0.25) is 0 Å². The summed E-state index contributed by atoms with van der Waals surface area (Å²) in [5, 5.41) is 14.7. The Labute approximate surface area is 209 Å². The fourth-order valence-corrected chi connectivity index (χ4v) is 5.03. The topological polar surface area (TPSA) is 94.5 Å². The Hall–Kier alpha value is -3.33. The summed E-state index contributed by atoms with van der Waals surface area (Å²) in [7, 11) is 0. The largest absolute Gasteiger partial charge is 0.350 e. The van der Waals surface area contributed by atoms with Gasteiger partial charge < -0.3 is 15.4 Å². The maximum atomic E-state index is 13.1. The van der Waals surface area contributed by atoms with Crippen molar-refractivity contribution in [1.29, 1.82) is 5.41 Å². The number of carbonyl (C=O) groups is 2. The van der Waals surface area contributed by atoms with Crippen LogP contribution in [0.5, 0.6) is 0 Å². The monoisotopic (exact) mass is 498 g/mol. The lowest BCUT2D eigenvalue weighted by molar-refractivity contribution is -0.137. The smallest absolute Gasteiger partial charge is 0.345 e. The minimum absolute atomic E-state index is 0.0457. The van der Waals surface area contributed by atoms with E-state index in [1.165, 1.54) is 10.5 Å². The third kappa shape index (κ3) is 5.56. The number of hydrogen-bond donors (Lipinski definition) is 3. The van der Waals surface area contributed by atoms with E-state index >= 15 is 0 Å². The highest BCUT2D eigenvalue weighted by molar-refractivity contribution is 6.00. The van der Waals surface area contributed by atoms with Crippen molar-refractivity contribution in [3.8, 4) is 0 Å². The van der Waals surface area contributed by atoms with Gasteiger partial charge in [0, 0.05) is 11.1 Å². The van der Waals surface area contributed by atoms with Gasteiger partial charge in [0.2, 0.25) is 5.91 Å². The Morgan fingerprint density at radius 2 is 2.06 bits per heavy atom. The van der Waals surface area contributed by atoms with Crippen molar-refractivity contribution in [2.24, 2.45) is 0 Å². The molecule has 0 aromatic heterocycles. The zero-order valence-corrected chi connectivity index (χ0v) is 20.5. The predicted molar refractivity (Wildman–Crippen MR) is 132 cm³/mol. The van der Waals surface area contributed by atoms with Gasteiger partial charge >= 0.3 is 6.61 Å². The molecular formula is C27H32F2N4O3. The molecule has 3 atom stereocenters. The predicted octanol–water partition coefficient (Wildman–Crippen LogP) is 4.70. The summed E-state index contributed by atoms with van der Waals surface area (Å²) in [4.78, 5) is 27.6. The molecule has 0 spiro atoms. The van der Waals surface area contributed by atoms with Crippen LogP contribution in [0.3, 0.4) is 0 Å². The molecule has 1 aliphatic heterocycles. The van der Waals surface area contributed by atoms with E-state index in [1.54, 1.807) is 24.3 Å². The summed E-state index contributed by atoms with van der Waals surface area (Å²) in [6.45, 7) is 0.564. The first kappa shape index (κ1) is 25.8. The lowest BCUT2D eigenvalue weighted by Gasteiger charge is -2.43. The third-order valence-electron chi connectivity index (χ3n) is 7.17. The van der Waals surface area contributed by atoms with Crippen molar-refractivity contribution < 1.29 is 23.1 Å². The quantitative estimate of drug-likeness (QED) is 0.467. The average Bonchev–Trinajstić information content (AvgIpc) is 3.25. The van der Waals surface area contributed by atoms with Gasteiger partial charge in [-0.1, -0.05) is 43.3 Å². The number of nitrogens with one attached hydrogen (secondary N) is 3. The highest BCUT2D eigenvalue weighted by atomic mass is 19.3. The molecule has 1 saturated heterocycles. The SMILES string of the molecule is CC[C@@]1(C)CC(=O)N(C(CCOC(F)F)c2cccc(C(=O)N[C@H]3CCc4ccccc43)c2)C(=N)N1. The number of hydrogen-bond acceptors (Lipinski definition) is 4. The minimum Gasteiger partial charge on any atom is -0.350 e. The normalized spacial score (nSPS) is 22.4. The fourth-order valence-electron chi connectivity index (χ4n) is 5.03. The van der Waals surface area contributed by atoms with Gasteiger partial charge in [-0.15, -0.1) is 0 Å². The molecule has 1 aliphatic carbocycles. The number of rotatable bonds is 9. The van der Waals surface area contributed by atoms with Crippen LogP contribution in [0.4, 0.5) is 8.78 Å². The zero-order valence-electron chi connectivity index (χ0n) is 20.5. The zero-order chi connectivity index (χ0) is 25.9. The highest BCUT2D eigenvalue weighted by Gasteiger charge is 2.40. The molecule has 2 aliphatic rings. The Morgan fingerprint density at radius 1 is 1.28 bits per heavy atom. The lowest BCUT2D eigenvalue weighted by atomic mass is 9.90. The van der Waals surface area contributed by atoms with Crippen LogP contribution in [-0.4, -0.2) is 41.4 Å². The molecule has 0 radical (unpaired) electrons. The first-order valence-corrected chi connectivity index (χ1v) is 12.3. The standard InChI is InChI=1S/C27H32F2N4O3/c1-3-27(2)16-23(34)33(26(30)32-27)22(13-14-36-25(28)29)18-8-6-9-19(15-18)24(35)31-21-12-11-17-7-4-5-10-20(17)21/h4-10,15,21-22,25H,3,11-14,16H2,1-2H3,(H2,30,32)(H,31,35)/t21-,22?,27-/m0/s1. The second-order valence-corrected chi connectivity index (χ2v) is 9.65. The summed E-state index contributed by atoms with van der Waals surface area (Å²) in [6, 6.07) is 14.0. The molecule has 1 fully saturated rings. The molecule has 2 aromatic carbocycles. The molecule has 0 saturated carbocycles. The van der Waals surface area contributed by atoms with Crippen LogP contribution in [0.15, 0.2) is 48.5 Å². The molecule has 0 bridgehead atoms. The summed E-state index contributed by atoms with van der Waals surface area (Å²) in [6.07, 6.45) is 2.58. The molecule has 36 heavy (non-hydrogen) atoms. The van der Waals surface area contributed by atoms with Crippen molar-refractivity contribution in [3.63, 3.8) is 0 Å². The maximum absolute atomic E-state index is 13.1. The van der Waals surface area contributed by atoms with Gasteiger partial charge in [-0.2, -0.15) is 8.78 Å². The maximum Gasteiger partial charge on any atom is 0.345 e. The fraction of sp³-hybridized carbons (Fsp3) is 0.444. The Kier molecular flexibility index (Phi) is 7.68. The second kappa shape index (κ2) is 10.7. The lowest BCUT2D eigenvalue weighted by Crippen LogP contribution is -2.61. The van der Waals surface area contributed by atoms with Crippen LogP contribution >= 0.6 is 0 Å². The molecule has 2 amide bonds. The van der Waals surface area contributed by atoms with Crippen molar-refractivity contribution in [1.82, 2.24) is 15.5 Å². The number of benzene rings is 2. The summed E-state index contributed by atoms with van der Waals surface area (Å²) in [5.41, 5.74) is 2.77. The number of alkyl halides is 2. The number of fused-ring (bicyclic) bond motifs is 1. The summed E-state index contributed by atoms with van der Waals surface area (Å²) >= 11 is 0. The molecule has 192 valence electrons. The van der Waals surface area contributed by atoms with E-state index in [0.717, 1.165) is 18.4 Å². The number of carbonyl (C=O) groups excluding carboxylic acids is 2. The molecule has 9 heteroatoms. The number of ether oxygens (including phenoxy) is 1. The second-order valence-electron chi connectivity index (χ2n) is 9.65. The minimum atomic E-state index is -2.94. The Bertz CT molecular complexity index is 1120. The molecular weight excluding hydrogens is 466 g/mol. The van der Waals surface area contributed by atoms with Crippen LogP contribution in [0, 0.1) is 5.41 Å².